The molecular formula is C16H20N2O. The van der Waals surface area contributed by atoms with Crippen LogP contribution in [0.1, 0.15) is 13.8 Å². The fraction of sp³-hybridized carbons (Fsp3) is 0.312. The molecular weight excluding hydrogens is 236 g/mol. The maximum Gasteiger partial charge on any atom is 0.324 e. The number of benzene rings is 2. The van der Waals surface area contributed by atoms with Crippen molar-refractivity contribution in [2.75, 3.05) is 25.0 Å². The average molecular weight is 256 g/mol. The molecule has 0 saturated carbocycles. The molecule has 0 fully saturated rings. The average Bonchev–Trinajstić information content (AvgIpc) is 2.47. The van der Waals surface area contributed by atoms with Crippen LogP contribution in [0.2, 0.25) is 0 Å². The second-order valence-corrected chi connectivity index (χ2v) is 4.54. The Kier molecular flexibility index (Phi) is 4.05. The van der Waals surface area contributed by atoms with E-state index < -0.39 is 0 Å². The molecule has 100 valence electrons. The minimum Gasteiger partial charge on any atom is -0.328 e. The minimum atomic E-state index is 0.0429. The van der Waals surface area contributed by atoms with Crippen LogP contribution in [0.25, 0.3) is 10.8 Å². The van der Waals surface area contributed by atoms with Crippen LogP contribution in [0.5, 0.6) is 0 Å². The molecule has 0 aromatic heterocycles. The molecule has 0 saturated heterocycles. The Balaban J connectivity index is 2.49. The SMILES string of the molecule is CCN(C)C(=O)N(CC)c1cccc2ccccc12. The van der Waals surface area contributed by atoms with Gasteiger partial charge in [0, 0.05) is 25.5 Å². The van der Waals surface area contributed by atoms with Crippen LogP contribution < -0.4 is 4.90 Å². The van der Waals surface area contributed by atoms with Crippen LogP contribution in [0.15, 0.2) is 42.5 Å². The summed E-state index contributed by atoms with van der Waals surface area (Å²) in [4.78, 5) is 16.0. The molecule has 2 aromatic rings. The fourth-order valence-electron chi connectivity index (χ4n) is 2.19. The molecule has 0 aliphatic carbocycles. The molecule has 0 radical (unpaired) electrons. The van der Waals surface area contributed by atoms with Gasteiger partial charge in [-0.1, -0.05) is 36.4 Å². The summed E-state index contributed by atoms with van der Waals surface area (Å²) in [5.41, 5.74) is 0.978. The first kappa shape index (κ1) is 13.4. The summed E-state index contributed by atoms with van der Waals surface area (Å²) in [6.07, 6.45) is 0. The largest absolute Gasteiger partial charge is 0.328 e. The predicted octanol–water partition coefficient (Wildman–Crippen LogP) is 3.74. The van der Waals surface area contributed by atoms with Crippen molar-refractivity contribution < 1.29 is 4.79 Å². The summed E-state index contributed by atoms with van der Waals surface area (Å²) in [7, 11) is 1.83. The first-order valence-electron chi connectivity index (χ1n) is 6.69. The summed E-state index contributed by atoms with van der Waals surface area (Å²) in [5, 5.41) is 2.27. The lowest BCUT2D eigenvalue weighted by molar-refractivity contribution is 0.218. The van der Waals surface area contributed by atoms with E-state index in [1.807, 2.05) is 50.1 Å². The van der Waals surface area contributed by atoms with Gasteiger partial charge >= 0.3 is 6.03 Å². The van der Waals surface area contributed by atoms with Gasteiger partial charge in [0.15, 0.2) is 0 Å². The van der Waals surface area contributed by atoms with Gasteiger partial charge in [-0.05, 0) is 25.3 Å². The van der Waals surface area contributed by atoms with Gasteiger partial charge in [0.25, 0.3) is 0 Å². The Labute approximate surface area is 114 Å². The second kappa shape index (κ2) is 5.74. The normalized spacial score (nSPS) is 10.5. The number of carbonyl (C=O) groups excluding carboxylic acids is 1. The van der Waals surface area contributed by atoms with E-state index in [4.69, 9.17) is 0 Å². The van der Waals surface area contributed by atoms with Crippen molar-refractivity contribution in [2.45, 2.75) is 13.8 Å². The van der Waals surface area contributed by atoms with Crippen molar-refractivity contribution in [3.8, 4) is 0 Å². The van der Waals surface area contributed by atoms with Gasteiger partial charge in [-0.25, -0.2) is 4.79 Å². The van der Waals surface area contributed by atoms with Gasteiger partial charge in [-0.2, -0.15) is 0 Å². The minimum absolute atomic E-state index is 0.0429. The van der Waals surface area contributed by atoms with Gasteiger partial charge in [0.1, 0.15) is 0 Å². The fourth-order valence-corrected chi connectivity index (χ4v) is 2.19. The molecule has 0 N–H and O–H groups in total. The zero-order valence-electron chi connectivity index (χ0n) is 11.8. The van der Waals surface area contributed by atoms with E-state index in [-0.39, 0.29) is 6.03 Å². The van der Waals surface area contributed by atoms with Crippen LogP contribution >= 0.6 is 0 Å². The molecule has 2 amide bonds. The molecule has 3 heteroatoms. The molecule has 0 aliphatic heterocycles. The first-order valence-corrected chi connectivity index (χ1v) is 6.69. The van der Waals surface area contributed by atoms with E-state index in [0.717, 1.165) is 16.5 Å². The number of carbonyl (C=O) groups is 1. The first-order chi connectivity index (χ1) is 9.19. The van der Waals surface area contributed by atoms with E-state index >= 15 is 0 Å². The predicted molar refractivity (Wildman–Crippen MR) is 80.7 cm³/mol. The molecule has 0 atom stereocenters. The highest BCUT2D eigenvalue weighted by molar-refractivity contribution is 6.03. The smallest absolute Gasteiger partial charge is 0.324 e. The molecule has 0 heterocycles. The number of hydrogen-bond acceptors (Lipinski definition) is 1. The highest BCUT2D eigenvalue weighted by atomic mass is 16.2. The third-order valence-electron chi connectivity index (χ3n) is 3.41. The Morgan fingerprint density at radius 3 is 2.37 bits per heavy atom. The summed E-state index contributed by atoms with van der Waals surface area (Å²) >= 11 is 0. The summed E-state index contributed by atoms with van der Waals surface area (Å²) < 4.78 is 0. The number of amides is 2. The Morgan fingerprint density at radius 1 is 1.00 bits per heavy atom. The van der Waals surface area contributed by atoms with E-state index in [1.54, 1.807) is 4.90 Å². The highest BCUT2D eigenvalue weighted by Gasteiger charge is 2.18. The summed E-state index contributed by atoms with van der Waals surface area (Å²) in [5.74, 6) is 0. The monoisotopic (exact) mass is 256 g/mol. The topological polar surface area (TPSA) is 23.6 Å². The van der Waals surface area contributed by atoms with E-state index in [0.29, 0.717) is 13.1 Å². The maximum atomic E-state index is 12.4. The van der Waals surface area contributed by atoms with Crippen LogP contribution in [0, 0.1) is 0 Å². The van der Waals surface area contributed by atoms with E-state index in [2.05, 4.69) is 18.2 Å². The summed E-state index contributed by atoms with van der Waals surface area (Å²) in [6.45, 7) is 5.36. The third-order valence-corrected chi connectivity index (χ3v) is 3.41. The van der Waals surface area contributed by atoms with Crippen molar-refractivity contribution in [1.29, 1.82) is 0 Å². The van der Waals surface area contributed by atoms with Crippen molar-refractivity contribution >= 4 is 22.5 Å². The van der Waals surface area contributed by atoms with Crippen LogP contribution in [0.3, 0.4) is 0 Å². The second-order valence-electron chi connectivity index (χ2n) is 4.54. The molecule has 3 nitrogen and oxygen atoms in total. The molecule has 19 heavy (non-hydrogen) atoms. The zero-order chi connectivity index (χ0) is 13.8. The maximum absolute atomic E-state index is 12.4. The number of hydrogen-bond donors (Lipinski definition) is 0. The van der Waals surface area contributed by atoms with Crippen molar-refractivity contribution in [3.05, 3.63) is 42.5 Å². The molecule has 0 bridgehead atoms. The van der Waals surface area contributed by atoms with E-state index in [9.17, 15) is 4.79 Å². The van der Waals surface area contributed by atoms with Crippen molar-refractivity contribution in [2.24, 2.45) is 0 Å². The van der Waals surface area contributed by atoms with Crippen molar-refractivity contribution in [1.82, 2.24) is 4.90 Å². The molecule has 0 unspecified atom stereocenters. The quantitative estimate of drug-likeness (QED) is 0.820. The Hall–Kier alpha value is -2.03. The van der Waals surface area contributed by atoms with Crippen molar-refractivity contribution in [3.63, 3.8) is 0 Å². The summed E-state index contributed by atoms with van der Waals surface area (Å²) in [6, 6.07) is 14.3. The highest BCUT2D eigenvalue weighted by Crippen LogP contribution is 2.27. The lowest BCUT2D eigenvalue weighted by Gasteiger charge is -2.27. The van der Waals surface area contributed by atoms with Crippen LogP contribution in [-0.4, -0.2) is 31.1 Å². The van der Waals surface area contributed by atoms with Gasteiger partial charge in [-0.15, -0.1) is 0 Å². The molecule has 0 aliphatic rings. The molecule has 0 spiro atoms. The van der Waals surface area contributed by atoms with Gasteiger partial charge < -0.3 is 4.90 Å². The third kappa shape index (κ3) is 2.55. The Bertz CT molecular complexity index is 574. The standard InChI is InChI=1S/C16H20N2O/c1-4-17(3)16(19)18(5-2)15-12-8-10-13-9-6-7-11-14(13)15/h6-12H,4-5H2,1-3H3. The number of nitrogens with zero attached hydrogens (tertiary/aromatic N) is 2. The Morgan fingerprint density at radius 2 is 1.68 bits per heavy atom. The number of urea groups is 1. The molecule has 2 aromatic carbocycles. The van der Waals surface area contributed by atoms with Gasteiger partial charge in [0.05, 0.1) is 5.69 Å². The lowest BCUT2D eigenvalue weighted by Crippen LogP contribution is -2.41. The lowest BCUT2D eigenvalue weighted by atomic mass is 10.1. The number of fused-ring (bicyclic) bond motifs is 1. The number of rotatable bonds is 3. The van der Waals surface area contributed by atoms with Crippen LogP contribution in [-0.2, 0) is 0 Å². The zero-order valence-corrected chi connectivity index (χ0v) is 11.8. The van der Waals surface area contributed by atoms with E-state index in [1.165, 1.54) is 0 Å². The van der Waals surface area contributed by atoms with Gasteiger partial charge in [0.2, 0.25) is 0 Å². The number of anilines is 1. The van der Waals surface area contributed by atoms with Crippen LogP contribution in [0.4, 0.5) is 10.5 Å². The van der Waals surface area contributed by atoms with Gasteiger partial charge in [-0.3, -0.25) is 4.90 Å². The molecule has 2 rings (SSSR count).